The Morgan fingerprint density at radius 2 is 1.86 bits per heavy atom. The predicted octanol–water partition coefficient (Wildman–Crippen LogP) is 4.10. The van der Waals surface area contributed by atoms with Crippen LogP contribution in [0.2, 0.25) is 0 Å². The van der Waals surface area contributed by atoms with E-state index in [-0.39, 0.29) is 36.9 Å². The van der Waals surface area contributed by atoms with Crippen LogP contribution < -0.4 is 4.90 Å². The number of fused-ring (bicyclic) bond motifs is 1. The molecule has 112 valence electrons. The molecule has 2 aromatic rings. The number of halogens is 2. The van der Waals surface area contributed by atoms with Crippen molar-refractivity contribution in [1.82, 2.24) is 0 Å². The largest absolute Gasteiger partial charge is 0.307 e. The number of hydrogen-bond donors (Lipinski definition) is 0. The Labute approximate surface area is 135 Å². The molecule has 0 saturated heterocycles. The van der Waals surface area contributed by atoms with E-state index in [0.717, 1.165) is 0 Å². The lowest BCUT2D eigenvalue weighted by Crippen LogP contribution is -2.29. The maximum atomic E-state index is 13.7. The average Bonchev–Trinajstić information content (AvgIpc) is 2.63. The van der Waals surface area contributed by atoms with Gasteiger partial charge in [-0.05, 0) is 45.8 Å². The summed E-state index contributed by atoms with van der Waals surface area (Å²) < 4.78 is 14.0. The smallest absolute Gasteiger partial charge is 0.227 e. The van der Waals surface area contributed by atoms with Gasteiger partial charge in [0.05, 0.1) is 16.7 Å². The molecule has 1 aliphatic heterocycles. The number of para-hydroxylation sites is 1. The lowest BCUT2D eigenvalue weighted by Gasteiger charge is -2.22. The van der Waals surface area contributed by atoms with Crippen molar-refractivity contribution in [2.45, 2.75) is 19.4 Å². The quantitative estimate of drug-likeness (QED) is 0.807. The first kappa shape index (κ1) is 14.9. The van der Waals surface area contributed by atoms with Crippen molar-refractivity contribution in [3.8, 4) is 0 Å². The van der Waals surface area contributed by atoms with Crippen LogP contribution >= 0.6 is 15.9 Å². The van der Waals surface area contributed by atoms with E-state index in [1.165, 1.54) is 6.07 Å². The van der Waals surface area contributed by atoms with Crippen LogP contribution in [0.25, 0.3) is 0 Å². The molecule has 22 heavy (non-hydrogen) atoms. The van der Waals surface area contributed by atoms with Gasteiger partial charge in [0, 0.05) is 18.4 Å². The summed E-state index contributed by atoms with van der Waals surface area (Å²) in [5.41, 5.74) is 1.82. The van der Waals surface area contributed by atoms with Gasteiger partial charge in [-0.3, -0.25) is 9.59 Å². The number of nitrogens with zero attached hydrogens (tertiary/aromatic N) is 1. The maximum Gasteiger partial charge on any atom is 0.227 e. The van der Waals surface area contributed by atoms with E-state index >= 15 is 0 Å². The molecular weight excluding hydrogens is 349 g/mol. The third kappa shape index (κ3) is 2.81. The van der Waals surface area contributed by atoms with Gasteiger partial charge in [0.25, 0.3) is 0 Å². The molecule has 1 heterocycles. The predicted molar refractivity (Wildman–Crippen MR) is 85.3 cm³/mol. The van der Waals surface area contributed by atoms with Crippen LogP contribution in [0.1, 0.15) is 28.8 Å². The van der Waals surface area contributed by atoms with Gasteiger partial charge >= 0.3 is 0 Å². The van der Waals surface area contributed by atoms with Crippen LogP contribution in [0.4, 0.5) is 10.1 Å². The van der Waals surface area contributed by atoms with Crippen molar-refractivity contribution in [2.75, 3.05) is 4.90 Å². The zero-order valence-corrected chi connectivity index (χ0v) is 13.3. The van der Waals surface area contributed by atoms with Gasteiger partial charge in [0.2, 0.25) is 5.91 Å². The van der Waals surface area contributed by atoms with Crippen LogP contribution in [0.15, 0.2) is 46.9 Å². The van der Waals surface area contributed by atoms with Crippen LogP contribution in [-0.4, -0.2) is 11.7 Å². The average molecular weight is 362 g/mol. The molecule has 0 spiro atoms. The van der Waals surface area contributed by atoms with E-state index in [1.807, 2.05) is 0 Å². The summed E-state index contributed by atoms with van der Waals surface area (Å²) >= 11 is 3.11. The highest BCUT2D eigenvalue weighted by molar-refractivity contribution is 9.10. The van der Waals surface area contributed by atoms with E-state index in [9.17, 15) is 14.0 Å². The van der Waals surface area contributed by atoms with Crippen molar-refractivity contribution in [2.24, 2.45) is 0 Å². The molecule has 0 bridgehead atoms. The molecule has 0 fully saturated rings. The van der Waals surface area contributed by atoms with Crippen molar-refractivity contribution in [1.29, 1.82) is 0 Å². The second-order valence-corrected chi connectivity index (χ2v) is 6.02. The molecule has 0 unspecified atom stereocenters. The van der Waals surface area contributed by atoms with Gasteiger partial charge in [-0.15, -0.1) is 0 Å². The number of ketones is 1. The van der Waals surface area contributed by atoms with Gasteiger partial charge in [-0.25, -0.2) is 4.39 Å². The highest BCUT2D eigenvalue weighted by atomic mass is 79.9. The van der Waals surface area contributed by atoms with E-state index in [4.69, 9.17) is 0 Å². The topological polar surface area (TPSA) is 37.4 Å². The normalized spacial score (nSPS) is 14.7. The Morgan fingerprint density at radius 3 is 2.64 bits per heavy atom. The Hall–Kier alpha value is -2.01. The van der Waals surface area contributed by atoms with E-state index in [2.05, 4.69) is 15.9 Å². The van der Waals surface area contributed by atoms with E-state index in [1.54, 1.807) is 41.3 Å². The van der Waals surface area contributed by atoms with Gasteiger partial charge in [-0.1, -0.05) is 18.2 Å². The van der Waals surface area contributed by atoms with Crippen LogP contribution in [0.5, 0.6) is 0 Å². The molecule has 2 aromatic carbocycles. The molecular formula is C17H13BrFNO2. The maximum absolute atomic E-state index is 13.7. The van der Waals surface area contributed by atoms with Crippen molar-refractivity contribution < 1.29 is 14.0 Å². The molecule has 3 rings (SSSR count). The SMILES string of the molecule is O=C1CCC(=O)N(Cc2ccc(Br)c(F)c2)c2ccccc21. The first-order valence-corrected chi connectivity index (χ1v) is 7.72. The molecule has 3 nitrogen and oxygen atoms in total. The summed E-state index contributed by atoms with van der Waals surface area (Å²) in [7, 11) is 0. The summed E-state index contributed by atoms with van der Waals surface area (Å²) in [4.78, 5) is 26.0. The molecule has 5 heteroatoms. The summed E-state index contributed by atoms with van der Waals surface area (Å²) in [6, 6.07) is 11.8. The third-order valence-electron chi connectivity index (χ3n) is 3.69. The van der Waals surface area contributed by atoms with Crippen molar-refractivity contribution >= 4 is 33.3 Å². The van der Waals surface area contributed by atoms with Gasteiger partial charge < -0.3 is 4.90 Å². The van der Waals surface area contributed by atoms with E-state index < -0.39 is 0 Å². The summed E-state index contributed by atoms with van der Waals surface area (Å²) in [5.74, 6) is -0.529. The van der Waals surface area contributed by atoms with Crippen LogP contribution in [0.3, 0.4) is 0 Å². The lowest BCUT2D eigenvalue weighted by atomic mass is 10.1. The molecule has 0 aliphatic carbocycles. The fourth-order valence-electron chi connectivity index (χ4n) is 2.56. The fourth-order valence-corrected chi connectivity index (χ4v) is 2.81. The lowest BCUT2D eigenvalue weighted by molar-refractivity contribution is -0.118. The zero-order valence-electron chi connectivity index (χ0n) is 11.7. The molecule has 0 radical (unpaired) electrons. The van der Waals surface area contributed by atoms with Crippen LogP contribution in [-0.2, 0) is 11.3 Å². The number of rotatable bonds is 2. The number of carbonyl (C=O) groups excluding carboxylic acids is 2. The Bertz CT molecular complexity index is 760. The molecule has 0 aromatic heterocycles. The van der Waals surface area contributed by atoms with Gasteiger partial charge in [0.15, 0.2) is 5.78 Å². The van der Waals surface area contributed by atoms with Crippen molar-refractivity contribution in [3.63, 3.8) is 0 Å². The number of hydrogen-bond acceptors (Lipinski definition) is 2. The first-order valence-electron chi connectivity index (χ1n) is 6.93. The minimum Gasteiger partial charge on any atom is -0.307 e. The number of amides is 1. The second-order valence-electron chi connectivity index (χ2n) is 5.17. The number of anilines is 1. The number of Topliss-reactive ketones (excluding diaryl/α,β-unsaturated/α-hetero) is 1. The number of carbonyl (C=O) groups is 2. The molecule has 0 saturated carbocycles. The Morgan fingerprint density at radius 1 is 1.09 bits per heavy atom. The summed E-state index contributed by atoms with van der Waals surface area (Å²) in [6.45, 7) is 0.243. The zero-order chi connectivity index (χ0) is 15.7. The highest BCUT2D eigenvalue weighted by Gasteiger charge is 2.26. The molecule has 0 N–H and O–H groups in total. The van der Waals surface area contributed by atoms with Gasteiger partial charge in [-0.2, -0.15) is 0 Å². The standard InChI is InChI=1S/C17H13BrFNO2/c18-13-6-5-11(9-14(13)19)10-20-15-4-2-1-3-12(15)16(21)7-8-17(20)22/h1-6,9H,7-8,10H2. The fraction of sp³-hybridized carbons (Fsp3) is 0.176. The molecule has 1 aliphatic rings. The second kappa shape index (κ2) is 6.01. The minimum atomic E-state index is -0.371. The molecule has 0 atom stereocenters. The third-order valence-corrected chi connectivity index (χ3v) is 4.33. The first-order chi connectivity index (χ1) is 10.6. The monoisotopic (exact) mass is 361 g/mol. The Kier molecular flexibility index (Phi) is 4.07. The minimum absolute atomic E-state index is 0.0339. The summed E-state index contributed by atoms with van der Waals surface area (Å²) in [6.07, 6.45) is 0.383. The summed E-state index contributed by atoms with van der Waals surface area (Å²) in [5, 5.41) is 0. The van der Waals surface area contributed by atoms with Crippen LogP contribution in [0, 0.1) is 5.82 Å². The van der Waals surface area contributed by atoms with Crippen molar-refractivity contribution in [3.05, 3.63) is 63.9 Å². The van der Waals surface area contributed by atoms with E-state index in [0.29, 0.717) is 21.3 Å². The van der Waals surface area contributed by atoms with Gasteiger partial charge in [0.1, 0.15) is 5.82 Å². The Balaban J connectivity index is 2.00. The molecule has 1 amide bonds. The number of benzene rings is 2. The highest BCUT2D eigenvalue weighted by Crippen LogP contribution is 2.28.